The summed E-state index contributed by atoms with van der Waals surface area (Å²) in [6.07, 6.45) is 0. The standard InChI is InChI=1S/C14H11BrN2S/c15-11-5-7-12(8-6-11)18-14-16-9-10-3-1-2-4-13(10)17-14/h1-8H,9H2,(H,16,17). The molecule has 0 saturated carbocycles. The Kier molecular flexibility index (Phi) is 3.39. The van der Waals surface area contributed by atoms with Gasteiger partial charge in [0, 0.05) is 15.1 Å². The summed E-state index contributed by atoms with van der Waals surface area (Å²) in [5, 5.41) is 4.32. The number of halogens is 1. The predicted molar refractivity (Wildman–Crippen MR) is 81.2 cm³/mol. The monoisotopic (exact) mass is 318 g/mol. The van der Waals surface area contributed by atoms with Gasteiger partial charge in [0.1, 0.15) is 0 Å². The van der Waals surface area contributed by atoms with E-state index >= 15 is 0 Å². The SMILES string of the molecule is Brc1ccc(SC2=NCc3ccccc3N2)cc1. The normalized spacial score (nSPS) is 13.5. The molecule has 0 unspecified atom stereocenters. The van der Waals surface area contributed by atoms with Crippen molar-refractivity contribution in [1.29, 1.82) is 0 Å². The molecule has 1 N–H and O–H groups in total. The van der Waals surface area contributed by atoms with Crippen LogP contribution in [-0.4, -0.2) is 5.17 Å². The largest absolute Gasteiger partial charge is 0.334 e. The second-order valence-electron chi connectivity index (χ2n) is 3.96. The van der Waals surface area contributed by atoms with Gasteiger partial charge < -0.3 is 5.32 Å². The van der Waals surface area contributed by atoms with Crippen molar-refractivity contribution in [1.82, 2.24) is 0 Å². The fourth-order valence-electron chi connectivity index (χ4n) is 1.76. The molecule has 0 aromatic heterocycles. The zero-order valence-corrected chi connectivity index (χ0v) is 12.0. The predicted octanol–water partition coefficient (Wildman–Crippen LogP) is 4.52. The van der Waals surface area contributed by atoms with Crippen LogP contribution in [0.15, 0.2) is 62.9 Å². The Morgan fingerprint density at radius 2 is 1.83 bits per heavy atom. The summed E-state index contributed by atoms with van der Waals surface area (Å²) < 4.78 is 1.09. The van der Waals surface area contributed by atoms with E-state index in [9.17, 15) is 0 Å². The summed E-state index contributed by atoms with van der Waals surface area (Å²) in [6.45, 7) is 0.752. The molecule has 0 radical (unpaired) electrons. The number of benzene rings is 2. The van der Waals surface area contributed by atoms with Crippen molar-refractivity contribution in [3.8, 4) is 0 Å². The Morgan fingerprint density at radius 1 is 1.06 bits per heavy atom. The summed E-state index contributed by atoms with van der Waals surface area (Å²) in [4.78, 5) is 5.73. The first-order valence-corrected chi connectivity index (χ1v) is 7.25. The number of fused-ring (bicyclic) bond motifs is 1. The van der Waals surface area contributed by atoms with Gasteiger partial charge >= 0.3 is 0 Å². The minimum Gasteiger partial charge on any atom is -0.334 e. The van der Waals surface area contributed by atoms with E-state index < -0.39 is 0 Å². The van der Waals surface area contributed by atoms with Crippen LogP contribution in [0.3, 0.4) is 0 Å². The minimum atomic E-state index is 0.752. The zero-order valence-electron chi connectivity index (χ0n) is 9.56. The van der Waals surface area contributed by atoms with Crippen molar-refractivity contribution in [2.45, 2.75) is 11.4 Å². The van der Waals surface area contributed by atoms with Gasteiger partial charge in [-0.25, -0.2) is 0 Å². The lowest BCUT2D eigenvalue weighted by atomic mass is 10.1. The number of aliphatic imine (C=N–C) groups is 1. The lowest BCUT2D eigenvalue weighted by Crippen LogP contribution is -2.14. The maximum atomic E-state index is 4.55. The van der Waals surface area contributed by atoms with E-state index in [1.54, 1.807) is 11.8 Å². The summed E-state index contributed by atoms with van der Waals surface area (Å²) in [5.74, 6) is 0. The van der Waals surface area contributed by atoms with E-state index in [2.05, 4.69) is 50.5 Å². The summed E-state index contributed by atoms with van der Waals surface area (Å²) >= 11 is 5.09. The minimum absolute atomic E-state index is 0.752. The molecule has 0 amide bonds. The van der Waals surface area contributed by atoms with Crippen LogP contribution in [0.25, 0.3) is 0 Å². The highest BCUT2D eigenvalue weighted by molar-refractivity contribution is 9.10. The van der Waals surface area contributed by atoms with Crippen molar-refractivity contribution in [3.05, 3.63) is 58.6 Å². The van der Waals surface area contributed by atoms with Crippen LogP contribution < -0.4 is 5.32 Å². The second kappa shape index (κ2) is 5.16. The average Bonchev–Trinajstić information content (AvgIpc) is 2.41. The number of anilines is 1. The number of amidine groups is 1. The van der Waals surface area contributed by atoms with E-state index in [4.69, 9.17) is 0 Å². The lowest BCUT2D eigenvalue weighted by molar-refractivity contribution is 1.06. The van der Waals surface area contributed by atoms with Crippen molar-refractivity contribution in [2.75, 3.05) is 5.32 Å². The number of hydrogen-bond acceptors (Lipinski definition) is 3. The van der Waals surface area contributed by atoms with Crippen LogP contribution in [0.2, 0.25) is 0 Å². The first kappa shape index (κ1) is 11.8. The molecule has 1 aliphatic rings. The van der Waals surface area contributed by atoms with Gasteiger partial charge in [-0.05, 0) is 35.9 Å². The van der Waals surface area contributed by atoms with E-state index in [0.29, 0.717) is 0 Å². The van der Waals surface area contributed by atoms with Crippen LogP contribution >= 0.6 is 27.7 Å². The number of para-hydroxylation sites is 1. The number of thioether (sulfide) groups is 1. The van der Waals surface area contributed by atoms with Gasteiger partial charge in [0.2, 0.25) is 0 Å². The fourth-order valence-corrected chi connectivity index (χ4v) is 2.81. The molecule has 1 aliphatic heterocycles. The fraction of sp³-hybridized carbons (Fsp3) is 0.0714. The quantitative estimate of drug-likeness (QED) is 0.835. The number of nitrogens with zero attached hydrogens (tertiary/aromatic N) is 1. The highest BCUT2D eigenvalue weighted by atomic mass is 79.9. The maximum Gasteiger partial charge on any atom is 0.166 e. The molecule has 4 heteroatoms. The lowest BCUT2D eigenvalue weighted by Gasteiger charge is -2.17. The Balaban J connectivity index is 1.76. The summed E-state index contributed by atoms with van der Waals surface area (Å²) in [7, 11) is 0. The van der Waals surface area contributed by atoms with E-state index in [0.717, 1.165) is 21.9 Å². The topological polar surface area (TPSA) is 24.4 Å². The molecule has 0 spiro atoms. The number of rotatable bonds is 1. The molecule has 90 valence electrons. The van der Waals surface area contributed by atoms with Gasteiger partial charge in [-0.1, -0.05) is 45.9 Å². The Morgan fingerprint density at radius 3 is 2.67 bits per heavy atom. The van der Waals surface area contributed by atoms with Crippen LogP contribution in [0.1, 0.15) is 5.56 Å². The molecule has 3 rings (SSSR count). The number of hydrogen-bond donors (Lipinski definition) is 1. The molecule has 1 heterocycles. The molecule has 0 bridgehead atoms. The molecule has 2 nitrogen and oxygen atoms in total. The van der Waals surface area contributed by atoms with Gasteiger partial charge in [-0.3, -0.25) is 4.99 Å². The maximum absolute atomic E-state index is 4.55. The van der Waals surface area contributed by atoms with Crippen LogP contribution in [0.5, 0.6) is 0 Å². The first-order chi connectivity index (χ1) is 8.81. The Hall–Kier alpha value is -1.26. The Labute approximate surface area is 119 Å². The van der Waals surface area contributed by atoms with Gasteiger partial charge in [-0.15, -0.1) is 0 Å². The van der Waals surface area contributed by atoms with Crippen molar-refractivity contribution >= 4 is 38.5 Å². The van der Waals surface area contributed by atoms with Crippen molar-refractivity contribution in [2.24, 2.45) is 4.99 Å². The highest BCUT2D eigenvalue weighted by Gasteiger charge is 2.11. The van der Waals surface area contributed by atoms with Crippen molar-refractivity contribution < 1.29 is 0 Å². The van der Waals surface area contributed by atoms with Gasteiger partial charge in [0.05, 0.1) is 6.54 Å². The summed E-state index contributed by atoms with van der Waals surface area (Å²) in [5.41, 5.74) is 2.41. The molecule has 2 aromatic carbocycles. The average molecular weight is 319 g/mol. The van der Waals surface area contributed by atoms with Crippen LogP contribution in [0.4, 0.5) is 5.69 Å². The van der Waals surface area contributed by atoms with Gasteiger partial charge in [-0.2, -0.15) is 0 Å². The van der Waals surface area contributed by atoms with Crippen LogP contribution in [-0.2, 0) is 6.54 Å². The molecule has 0 aliphatic carbocycles. The second-order valence-corrected chi connectivity index (χ2v) is 5.94. The molecular formula is C14H11BrN2S. The van der Waals surface area contributed by atoms with Crippen LogP contribution in [0, 0.1) is 0 Å². The zero-order chi connectivity index (χ0) is 12.4. The number of nitrogens with one attached hydrogen (secondary N) is 1. The first-order valence-electron chi connectivity index (χ1n) is 5.64. The van der Waals surface area contributed by atoms with E-state index in [1.165, 1.54) is 10.5 Å². The molecule has 0 fully saturated rings. The summed E-state index contributed by atoms with van der Waals surface area (Å²) in [6, 6.07) is 16.5. The molecular weight excluding hydrogens is 308 g/mol. The van der Waals surface area contributed by atoms with Crippen molar-refractivity contribution in [3.63, 3.8) is 0 Å². The Bertz CT molecular complexity index is 593. The molecule has 18 heavy (non-hydrogen) atoms. The molecule has 0 saturated heterocycles. The third kappa shape index (κ3) is 2.60. The van der Waals surface area contributed by atoms with E-state index in [-0.39, 0.29) is 0 Å². The van der Waals surface area contributed by atoms with Gasteiger partial charge in [0.15, 0.2) is 5.17 Å². The smallest absolute Gasteiger partial charge is 0.166 e. The van der Waals surface area contributed by atoms with Gasteiger partial charge in [0.25, 0.3) is 0 Å². The van der Waals surface area contributed by atoms with E-state index in [1.807, 2.05) is 24.3 Å². The molecule has 0 atom stereocenters. The highest BCUT2D eigenvalue weighted by Crippen LogP contribution is 2.27. The third-order valence-electron chi connectivity index (χ3n) is 2.68. The molecule has 2 aromatic rings. The third-order valence-corrected chi connectivity index (χ3v) is 4.14.